The third kappa shape index (κ3) is 2.92. The highest BCUT2D eigenvalue weighted by Crippen LogP contribution is 2.13. The second-order valence-electron chi connectivity index (χ2n) is 4.21. The van der Waals surface area contributed by atoms with Crippen molar-refractivity contribution in [2.45, 2.75) is 26.0 Å². The molecule has 16 heavy (non-hydrogen) atoms. The van der Waals surface area contributed by atoms with E-state index < -0.39 is 15.1 Å². The number of carbonyl (C=O) groups is 1. The van der Waals surface area contributed by atoms with Crippen LogP contribution in [0.1, 0.15) is 28.4 Å². The largest absolute Gasteiger partial charge is 0.293 e. The maximum absolute atomic E-state index is 11.9. The van der Waals surface area contributed by atoms with Gasteiger partial charge in [-0.05, 0) is 32.9 Å². The Bertz CT molecular complexity index is 495. The molecular formula is C12H16O3S. The first-order valence-electron chi connectivity index (χ1n) is 5.03. The zero-order chi connectivity index (χ0) is 12.5. The van der Waals surface area contributed by atoms with Crippen LogP contribution in [-0.4, -0.2) is 25.7 Å². The first kappa shape index (κ1) is 12.9. The normalized spacial score (nSPS) is 13.5. The van der Waals surface area contributed by atoms with Crippen LogP contribution in [-0.2, 0) is 9.84 Å². The van der Waals surface area contributed by atoms with Crippen LogP contribution in [0.25, 0.3) is 0 Å². The quantitative estimate of drug-likeness (QED) is 0.758. The second-order valence-corrected chi connectivity index (χ2v) is 6.58. The van der Waals surface area contributed by atoms with Crippen LogP contribution < -0.4 is 0 Å². The van der Waals surface area contributed by atoms with Crippen LogP contribution in [0.15, 0.2) is 18.2 Å². The molecule has 0 bridgehead atoms. The predicted octanol–water partition coefficient (Wildman–Crippen LogP) is 1.92. The van der Waals surface area contributed by atoms with Gasteiger partial charge in [0.05, 0.1) is 0 Å². The van der Waals surface area contributed by atoms with Gasteiger partial charge in [-0.2, -0.15) is 0 Å². The van der Waals surface area contributed by atoms with Gasteiger partial charge in [-0.1, -0.05) is 17.2 Å². The molecule has 0 aliphatic carbocycles. The minimum atomic E-state index is -3.33. The molecule has 0 spiro atoms. The van der Waals surface area contributed by atoms with Gasteiger partial charge in [0, 0.05) is 11.8 Å². The molecule has 1 aromatic rings. The molecule has 0 amide bonds. The van der Waals surface area contributed by atoms with E-state index in [0.29, 0.717) is 5.56 Å². The van der Waals surface area contributed by atoms with E-state index in [1.807, 2.05) is 19.9 Å². The lowest BCUT2D eigenvalue weighted by molar-refractivity contribution is 0.0991. The number of rotatable bonds is 3. The summed E-state index contributed by atoms with van der Waals surface area (Å²) in [7, 11) is -3.33. The van der Waals surface area contributed by atoms with Crippen molar-refractivity contribution in [2.75, 3.05) is 6.26 Å². The Labute approximate surface area is 96.4 Å². The van der Waals surface area contributed by atoms with Gasteiger partial charge in [-0.15, -0.1) is 0 Å². The van der Waals surface area contributed by atoms with Gasteiger partial charge in [0.1, 0.15) is 5.25 Å². The maximum Gasteiger partial charge on any atom is 0.180 e. The highest BCUT2D eigenvalue weighted by Gasteiger charge is 2.24. The van der Waals surface area contributed by atoms with E-state index in [1.54, 1.807) is 12.1 Å². The Morgan fingerprint density at radius 3 is 1.94 bits per heavy atom. The fourth-order valence-corrected chi connectivity index (χ4v) is 2.07. The van der Waals surface area contributed by atoms with Crippen LogP contribution in [0, 0.1) is 13.8 Å². The van der Waals surface area contributed by atoms with Gasteiger partial charge in [0.15, 0.2) is 15.6 Å². The molecule has 0 saturated heterocycles. The van der Waals surface area contributed by atoms with Gasteiger partial charge in [0.25, 0.3) is 0 Å². The van der Waals surface area contributed by atoms with Crippen LogP contribution in [0.2, 0.25) is 0 Å². The summed E-state index contributed by atoms with van der Waals surface area (Å²) in [5.41, 5.74) is 2.39. The van der Waals surface area contributed by atoms with Crippen molar-refractivity contribution < 1.29 is 13.2 Å². The van der Waals surface area contributed by atoms with Crippen molar-refractivity contribution in [3.8, 4) is 0 Å². The Hall–Kier alpha value is -1.16. The van der Waals surface area contributed by atoms with E-state index in [2.05, 4.69) is 0 Å². The molecule has 1 aromatic carbocycles. The Kier molecular flexibility index (Phi) is 3.53. The van der Waals surface area contributed by atoms with Crippen molar-refractivity contribution in [1.29, 1.82) is 0 Å². The number of aryl methyl sites for hydroxylation is 2. The fraction of sp³-hybridized carbons (Fsp3) is 0.417. The number of hydrogen-bond donors (Lipinski definition) is 0. The summed E-state index contributed by atoms with van der Waals surface area (Å²) in [6, 6.07) is 5.38. The molecule has 0 aromatic heterocycles. The monoisotopic (exact) mass is 240 g/mol. The molecule has 0 N–H and O–H groups in total. The zero-order valence-corrected chi connectivity index (χ0v) is 10.8. The molecule has 0 saturated carbocycles. The third-order valence-corrected chi connectivity index (χ3v) is 4.02. The topological polar surface area (TPSA) is 51.2 Å². The number of hydrogen-bond acceptors (Lipinski definition) is 3. The minimum Gasteiger partial charge on any atom is -0.293 e. The average Bonchev–Trinajstić information content (AvgIpc) is 2.12. The molecule has 1 atom stereocenters. The molecule has 1 unspecified atom stereocenters. The number of carbonyl (C=O) groups excluding carboxylic acids is 1. The lowest BCUT2D eigenvalue weighted by Gasteiger charge is -2.09. The lowest BCUT2D eigenvalue weighted by atomic mass is 10.0. The third-order valence-electron chi connectivity index (χ3n) is 2.52. The molecule has 0 aliphatic rings. The average molecular weight is 240 g/mol. The molecule has 1 rings (SSSR count). The smallest absolute Gasteiger partial charge is 0.180 e. The van der Waals surface area contributed by atoms with Crippen molar-refractivity contribution in [1.82, 2.24) is 0 Å². The van der Waals surface area contributed by atoms with E-state index in [-0.39, 0.29) is 5.78 Å². The second kappa shape index (κ2) is 4.37. The first-order valence-corrected chi connectivity index (χ1v) is 6.98. The lowest BCUT2D eigenvalue weighted by Crippen LogP contribution is -2.26. The van der Waals surface area contributed by atoms with Crippen LogP contribution in [0.5, 0.6) is 0 Å². The molecule has 0 fully saturated rings. The molecule has 4 heteroatoms. The summed E-state index contributed by atoms with van der Waals surface area (Å²) < 4.78 is 22.6. The van der Waals surface area contributed by atoms with Gasteiger partial charge < -0.3 is 0 Å². The predicted molar refractivity (Wildman–Crippen MR) is 64.6 cm³/mol. The first-order chi connectivity index (χ1) is 7.21. The summed E-state index contributed by atoms with van der Waals surface area (Å²) in [6.45, 7) is 5.19. The molecule has 0 heterocycles. The molecule has 0 radical (unpaired) electrons. The molecule has 88 valence electrons. The Balaban J connectivity index is 3.15. The standard InChI is InChI=1S/C12H16O3S/c1-8-5-9(2)7-11(6-8)12(13)10(3)16(4,14)15/h5-7,10H,1-4H3. The van der Waals surface area contributed by atoms with E-state index in [0.717, 1.165) is 17.4 Å². The maximum atomic E-state index is 11.9. The summed E-state index contributed by atoms with van der Waals surface area (Å²) in [6.07, 6.45) is 1.08. The highest BCUT2D eigenvalue weighted by molar-refractivity contribution is 7.92. The zero-order valence-electron chi connectivity index (χ0n) is 9.94. The number of benzene rings is 1. The Morgan fingerprint density at radius 2 is 1.56 bits per heavy atom. The van der Waals surface area contributed by atoms with E-state index in [9.17, 15) is 13.2 Å². The number of ketones is 1. The summed E-state index contributed by atoms with van der Waals surface area (Å²) in [4.78, 5) is 11.9. The SMILES string of the molecule is Cc1cc(C)cc(C(=O)C(C)S(C)(=O)=O)c1. The van der Waals surface area contributed by atoms with Gasteiger partial charge in [-0.25, -0.2) is 8.42 Å². The van der Waals surface area contributed by atoms with Gasteiger partial charge in [0.2, 0.25) is 0 Å². The fourth-order valence-electron chi connectivity index (χ4n) is 1.55. The van der Waals surface area contributed by atoms with Crippen LogP contribution >= 0.6 is 0 Å². The van der Waals surface area contributed by atoms with Crippen LogP contribution in [0.4, 0.5) is 0 Å². The van der Waals surface area contributed by atoms with Gasteiger partial charge in [-0.3, -0.25) is 4.79 Å². The highest BCUT2D eigenvalue weighted by atomic mass is 32.2. The van der Waals surface area contributed by atoms with E-state index in [1.165, 1.54) is 6.92 Å². The minimum absolute atomic E-state index is 0.339. The number of sulfone groups is 1. The van der Waals surface area contributed by atoms with Crippen molar-refractivity contribution in [2.24, 2.45) is 0 Å². The Morgan fingerprint density at radius 1 is 1.12 bits per heavy atom. The van der Waals surface area contributed by atoms with Crippen LogP contribution in [0.3, 0.4) is 0 Å². The summed E-state index contributed by atoms with van der Waals surface area (Å²) >= 11 is 0. The molecular weight excluding hydrogens is 224 g/mol. The molecule has 0 aliphatic heterocycles. The van der Waals surface area contributed by atoms with E-state index >= 15 is 0 Å². The number of Topliss-reactive ketones (excluding diaryl/α,β-unsaturated/α-hetero) is 1. The summed E-state index contributed by atoms with van der Waals surface area (Å²) in [5, 5.41) is -0.978. The van der Waals surface area contributed by atoms with E-state index in [4.69, 9.17) is 0 Å². The summed E-state index contributed by atoms with van der Waals surface area (Å²) in [5.74, 6) is -0.339. The van der Waals surface area contributed by atoms with Crippen molar-refractivity contribution in [3.63, 3.8) is 0 Å². The van der Waals surface area contributed by atoms with Gasteiger partial charge >= 0.3 is 0 Å². The molecule has 3 nitrogen and oxygen atoms in total. The van der Waals surface area contributed by atoms with Crippen molar-refractivity contribution >= 4 is 15.6 Å². The van der Waals surface area contributed by atoms with Crippen molar-refractivity contribution in [3.05, 3.63) is 34.9 Å².